The Bertz CT molecular complexity index is 1000. The molecule has 0 aliphatic heterocycles. The van der Waals surface area contributed by atoms with Gasteiger partial charge in [-0.1, -0.05) is 55.5 Å². The molecule has 0 spiro atoms. The van der Waals surface area contributed by atoms with Gasteiger partial charge in [0.1, 0.15) is 0 Å². The number of rotatable bonds is 2. The Morgan fingerprint density at radius 3 is 2.68 bits per heavy atom. The molecule has 1 N–H and O–H groups in total. The van der Waals surface area contributed by atoms with E-state index in [0.29, 0.717) is 22.0 Å². The molecule has 4 nitrogen and oxygen atoms in total. The number of amides is 1. The summed E-state index contributed by atoms with van der Waals surface area (Å²) < 4.78 is 0. The highest BCUT2D eigenvalue weighted by molar-refractivity contribution is 7.17. The summed E-state index contributed by atoms with van der Waals surface area (Å²) in [5.74, 6) is -0.0847. The SMILES string of the molecule is CC1(C)CC(=O)c2sc(NC(=O)c3ccc4ccccc4c3)nc2C1. The summed E-state index contributed by atoms with van der Waals surface area (Å²) in [7, 11) is 0. The molecule has 0 unspecified atom stereocenters. The topological polar surface area (TPSA) is 59.1 Å². The number of anilines is 1. The molecule has 5 heteroatoms. The maximum atomic E-state index is 12.6. The molecule has 0 atom stereocenters. The fourth-order valence-electron chi connectivity index (χ4n) is 3.27. The lowest BCUT2D eigenvalue weighted by Crippen LogP contribution is -2.26. The Morgan fingerprint density at radius 2 is 1.88 bits per heavy atom. The van der Waals surface area contributed by atoms with Crippen LogP contribution in [0, 0.1) is 5.41 Å². The zero-order chi connectivity index (χ0) is 17.6. The number of carbonyl (C=O) groups is 2. The van der Waals surface area contributed by atoms with E-state index in [0.717, 1.165) is 22.9 Å². The van der Waals surface area contributed by atoms with Crippen LogP contribution in [0.25, 0.3) is 10.8 Å². The highest BCUT2D eigenvalue weighted by Gasteiger charge is 2.34. The average molecular weight is 350 g/mol. The second kappa shape index (κ2) is 5.77. The highest BCUT2D eigenvalue weighted by Crippen LogP contribution is 2.38. The predicted molar refractivity (Wildman–Crippen MR) is 100 cm³/mol. The van der Waals surface area contributed by atoms with E-state index >= 15 is 0 Å². The lowest BCUT2D eigenvalue weighted by molar-refractivity contribution is 0.0915. The van der Waals surface area contributed by atoms with Gasteiger partial charge in [-0.2, -0.15) is 0 Å². The Kier molecular flexibility index (Phi) is 3.69. The van der Waals surface area contributed by atoms with Gasteiger partial charge in [0.2, 0.25) is 0 Å². The number of thiazole rings is 1. The van der Waals surface area contributed by atoms with Crippen molar-refractivity contribution in [1.82, 2.24) is 4.98 Å². The van der Waals surface area contributed by atoms with E-state index in [-0.39, 0.29) is 17.1 Å². The molecule has 0 saturated carbocycles. The standard InChI is InChI=1S/C20H18N2O2S/c1-20(2)10-15-17(16(23)11-20)25-19(21-15)22-18(24)14-8-7-12-5-3-4-6-13(12)9-14/h3-9H,10-11H2,1-2H3,(H,21,22,24). The van der Waals surface area contributed by atoms with Crippen LogP contribution in [0.4, 0.5) is 5.13 Å². The van der Waals surface area contributed by atoms with Crippen LogP contribution in [0.2, 0.25) is 0 Å². The third-order valence-electron chi connectivity index (χ3n) is 4.47. The van der Waals surface area contributed by atoms with Crippen LogP contribution in [-0.2, 0) is 6.42 Å². The summed E-state index contributed by atoms with van der Waals surface area (Å²) >= 11 is 1.28. The normalized spacial score (nSPS) is 15.8. The van der Waals surface area contributed by atoms with Crippen molar-refractivity contribution in [1.29, 1.82) is 0 Å². The zero-order valence-electron chi connectivity index (χ0n) is 14.1. The summed E-state index contributed by atoms with van der Waals surface area (Å²) in [6, 6.07) is 13.5. The van der Waals surface area contributed by atoms with Crippen LogP contribution < -0.4 is 5.32 Å². The van der Waals surface area contributed by atoms with E-state index < -0.39 is 0 Å². The van der Waals surface area contributed by atoms with E-state index in [9.17, 15) is 9.59 Å². The van der Waals surface area contributed by atoms with Crippen molar-refractivity contribution in [3.63, 3.8) is 0 Å². The second-order valence-corrected chi connectivity index (χ2v) is 8.25. The number of Topliss-reactive ketones (excluding diaryl/α,β-unsaturated/α-hetero) is 1. The molecule has 1 aliphatic carbocycles. The summed E-state index contributed by atoms with van der Waals surface area (Å²) in [6.07, 6.45) is 1.29. The Balaban J connectivity index is 1.60. The first-order valence-electron chi connectivity index (χ1n) is 8.24. The number of aromatic nitrogens is 1. The maximum absolute atomic E-state index is 12.6. The zero-order valence-corrected chi connectivity index (χ0v) is 14.9. The first-order valence-corrected chi connectivity index (χ1v) is 9.06. The first-order chi connectivity index (χ1) is 11.9. The van der Waals surface area contributed by atoms with E-state index in [2.05, 4.69) is 24.1 Å². The van der Waals surface area contributed by atoms with Crippen LogP contribution in [0.15, 0.2) is 42.5 Å². The van der Waals surface area contributed by atoms with Gasteiger partial charge < -0.3 is 0 Å². The van der Waals surface area contributed by atoms with Crippen molar-refractivity contribution in [3.05, 3.63) is 58.6 Å². The van der Waals surface area contributed by atoms with Gasteiger partial charge in [0.05, 0.1) is 10.6 Å². The van der Waals surface area contributed by atoms with Gasteiger partial charge in [-0.05, 0) is 34.7 Å². The number of fused-ring (bicyclic) bond motifs is 2. The average Bonchev–Trinajstić information content (AvgIpc) is 2.95. The molecule has 0 saturated heterocycles. The number of hydrogen-bond donors (Lipinski definition) is 1. The van der Waals surface area contributed by atoms with E-state index in [1.54, 1.807) is 6.07 Å². The van der Waals surface area contributed by atoms with Crippen LogP contribution in [0.3, 0.4) is 0 Å². The quantitative estimate of drug-likeness (QED) is 0.728. The fourth-order valence-corrected chi connectivity index (χ4v) is 4.19. The van der Waals surface area contributed by atoms with Gasteiger partial charge in [0.25, 0.3) is 5.91 Å². The molecular formula is C20H18N2O2S. The van der Waals surface area contributed by atoms with Crippen LogP contribution in [-0.4, -0.2) is 16.7 Å². The molecule has 1 amide bonds. The van der Waals surface area contributed by atoms with Gasteiger partial charge in [-0.25, -0.2) is 4.98 Å². The van der Waals surface area contributed by atoms with Crippen molar-refractivity contribution in [2.45, 2.75) is 26.7 Å². The van der Waals surface area contributed by atoms with Gasteiger partial charge in [0.15, 0.2) is 10.9 Å². The molecule has 0 bridgehead atoms. The number of hydrogen-bond acceptors (Lipinski definition) is 4. The lowest BCUT2D eigenvalue weighted by atomic mass is 9.78. The van der Waals surface area contributed by atoms with Gasteiger partial charge >= 0.3 is 0 Å². The molecule has 2 aromatic carbocycles. The Hall–Kier alpha value is -2.53. The minimum atomic E-state index is -0.205. The van der Waals surface area contributed by atoms with Crippen molar-refractivity contribution in [2.24, 2.45) is 5.41 Å². The van der Waals surface area contributed by atoms with Gasteiger partial charge in [-0.3, -0.25) is 14.9 Å². The number of nitrogens with one attached hydrogen (secondary N) is 1. The molecule has 1 aliphatic rings. The number of ketones is 1. The summed E-state index contributed by atoms with van der Waals surface area (Å²) in [5.41, 5.74) is 1.32. The molecule has 25 heavy (non-hydrogen) atoms. The molecular weight excluding hydrogens is 332 g/mol. The Morgan fingerprint density at radius 1 is 1.12 bits per heavy atom. The number of nitrogens with zero attached hydrogens (tertiary/aromatic N) is 1. The highest BCUT2D eigenvalue weighted by atomic mass is 32.1. The van der Waals surface area contributed by atoms with Crippen molar-refractivity contribution >= 4 is 38.9 Å². The maximum Gasteiger partial charge on any atom is 0.257 e. The summed E-state index contributed by atoms with van der Waals surface area (Å²) in [5, 5.41) is 5.45. The van der Waals surface area contributed by atoms with Crippen LogP contribution >= 0.6 is 11.3 Å². The lowest BCUT2D eigenvalue weighted by Gasteiger charge is -2.26. The van der Waals surface area contributed by atoms with Gasteiger partial charge in [0, 0.05) is 12.0 Å². The second-order valence-electron chi connectivity index (χ2n) is 7.25. The Labute approximate surface area is 149 Å². The number of benzene rings is 2. The molecule has 0 fully saturated rings. The van der Waals surface area contributed by atoms with Crippen LogP contribution in [0.5, 0.6) is 0 Å². The fraction of sp³-hybridized carbons (Fsp3) is 0.250. The van der Waals surface area contributed by atoms with E-state index in [4.69, 9.17) is 0 Å². The molecule has 126 valence electrons. The van der Waals surface area contributed by atoms with Crippen molar-refractivity contribution in [3.8, 4) is 0 Å². The monoisotopic (exact) mass is 350 g/mol. The minimum absolute atomic E-state index is 0.0716. The third kappa shape index (κ3) is 3.07. The number of carbonyl (C=O) groups excluding carboxylic acids is 2. The first kappa shape index (κ1) is 16.0. The predicted octanol–water partition coefficient (Wildman–Crippen LogP) is 4.70. The molecule has 1 aromatic heterocycles. The molecule has 3 aromatic rings. The van der Waals surface area contributed by atoms with Crippen molar-refractivity contribution in [2.75, 3.05) is 5.32 Å². The van der Waals surface area contributed by atoms with Crippen LogP contribution in [0.1, 0.15) is 46.0 Å². The summed E-state index contributed by atoms with van der Waals surface area (Å²) in [4.78, 5) is 30.0. The van der Waals surface area contributed by atoms with E-state index in [1.165, 1.54) is 11.3 Å². The molecule has 0 radical (unpaired) electrons. The molecule has 4 rings (SSSR count). The third-order valence-corrected chi connectivity index (χ3v) is 5.52. The van der Waals surface area contributed by atoms with E-state index in [1.807, 2.05) is 36.4 Å². The largest absolute Gasteiger partial charge is 0.298 e. The summed E-state index contributed by atoms with van der Waals surface area (Å²) in [6.45, 7) is 4.14. The minimum Gasteiger partial charge on any atom is -0.298 e. The smallest absolute Gasteiger partial charge is 0.257 e. The molecule has 1 heterocycles. The van der Waals surface area contributed by atoms with Crippen molar-refractivity contribution < 1.29 is 9.59 Å². The van der Waals surface area contributed by atoms with Gasteiger partial charge in [-0.15, -0.1) is 0 Å².